The Balaban J connectivity index is 0. The molecule has 10 heteroatoms. The van der Waals surface area contributed by atoms with Crippen LogP contribution in [0.2, 0.25) is 0 Å². The van der Waals surface area contributed by atoms with Crippen LogP contribution in [-0.4, -0.2) is 49.3 Å². The van der Waals surface area contributed by atoms with E-state index in [9.17, 15) is 19.2 Å². The highest BCUT2D eigenvalue weighted by Crippen LogP contribution is 2.58. The quantitative estimate of drug-likeness (QED) is 0.281. The lowest BCUT2D eigenvalue weighted by Crippen LogP contribution is -3.00. The highest BCUT2D eigenvalue weighted by molar-refractivity contribution is 7.75. The van der Waals surface area contributed by atoms with E-state index < -0.39 is 31.1 Å². The molecule has 22 heavy (non-hydrogen) atoms. The van der Waals surface area contributed by atoms with Crippen LogP contribution in [0, 0.1) is 0 Å². The van der Waals surface area contributed by atoms with E-state index in [-0.39, 0.29) is 37.8 Å². The summed E-state index contributed by atoms with van der Waals surface area (Å²) in [5.41, 5.74) is 0. The van der Waals surface area contributed by atoms with Gasteiger partial charge in [-0.25, -0.2) is 0 Å². The maximum Gasteiger partial charge on any atom is 0.305 e. The second-order valence-corrected chi connectivity index (χ2v) is 8.12. The summed E-state index contributed by atoms with van der Waals surface area (Å²) in [6.07, 6.45) is -0.460. The minimum absolute atomic E-state index is 0. The summed E-state index contributed by atoms with van der Waals surface area (Å²) in [5, 5.41) is 0. The van der Waals surface area contributed by atoms with Crippen LogP contribution in [0.25, 0.3) is 0 Å². The van der Waals surface area contributed by atoms with Crippen molar-refractivity contribution in [3.8, 4) is 0 Å². The third-order valence-electron chi connectivity index (χ3n) is 2.17. The molecule has 0 aliphatic rings. The molecule has 0 aromatic carbocycles. The van der Waals surface area contributed by atoms with Crippen molar-refractivity contribution >= 4 is 31.1 Å². The van der Waals surface area contributed by atoms with Crippen LogP contribution in [0.4, 0.5) is 0 Å². The lowest BCUT2D eigenvalue weighted by Gasteiger charge is -2.24. The second-order valence-electron chi connectivity index (χ2n) is 4.40. The molecule has 0 aromatic heterocycles. The van der Waals surface area contributed by atoms with Gasteiger partial charge in [0.15, 0.2) is 7.26 Å². The van der Waals surface area contributed by atoms with Gasteiger partial charge in [0.25, 0.3) is 0 Å². The Kier molecular flexibility index (Phi) is 11.7. The third-order valence-corrected chi connectivity index (χ3v) is 4.87. The van der Waals surface area contributed by atoms with Gasteiger partial charge in [0, 0.05) is 27.7 Å². The maximum absolute atomic E-state index is 11.0. The summed E-state index contributed by atoms with van der Waals surface area (Å²) < 4.78 is 19.8. The number of ether oxygens (including phenoxy) is 4. The number of rotatable bonds is 8. The Bertz CT molecular complexity index is 334. The molecule has 0 spiro atoms. The summed E-state index contributed by atoms with van der Waals surface area (Å²) in [7, 11) is -2.48. The van der Waals surface area contributed by atoms with Crippen molar-refractivity contribution in [1.82, 2.24) is 0 Å². The van der Waals surface area contributed by atoms with Crippen molar-refractivity contribution in [1.29, 1.82) is 0 Å². The first-order chi connectivity index (χ1) is 9.67. The second kappa shape index (κ2) is 11.2. The Hall–Kier alpha value is -1.40. The summed E-state index contributed by atoms with van der Waals surface area (Å²) in [4.78, 5) is 43.9. The van der Waals surface area contributed by atoms with Crippen molar-refractivity contribution in [2.24, 2.45) is 0 Å². The minimum atomic E-state index is -2.48. The van der Waals surface area contributed by atoms with Crippen LogP contribution >= 0.6 is 7.26 Å². The number of halogens is 1. The molecule has 0 unspecified atom stereocenters. The number of hydrogen-bond donors (Lipinski definition) is 0. The molecule has 0 aliphatic heterocycles. The van der Waals surface area contributed by atoms with Gasteiger partial charge in [-0.15, -0.1) is 0 Å². The molecule has 0 atom stereocenters. The van der Waals surface area contributed by atoms with E-state index in [4.69, 9.17) is 18.9 Å². The predicted octanol–water partition coefficient (Wildman–Crippen LogP) is -1.91. The van der Waals surface area contributed by atoms with E-state index in [0.29, 0.717) is 0 Å². The molecule has 0 amide bonds. The molecule has 0 saturated heterocycles. The molecule has 0 saturated carbocycles. The van der Waals surface area contributed by atoms with Gasteiger partial charge in [0.2, 0.25) is 25.4 Å². The first-order valence-electron chi connectivity index (χ1n) is 6.05. The molecule has 0 aromatic rings. The normalized spacial score (nSPS) is 10.0. The number of hydrogen-bond acceptors (Lipinski definition) is 8. The van der Waals surface area contributed by atoms with E-state index in [1.54, 1.807) is 0 Å². The zero-order valence-corrected chi connectivity index (χ0v) is 14.6. The van der Waals surface area contributed by atoms with Gasteiger partial charge < -0.3 is 31.4 Å². The smallest absolute Gasteiger partial charge is 0.305 e. The van der Waals surface area contributed by atoms with Crippen molar-refractivity contribution in [3.05, 3.63) is 0 Å². The van der Waals surface area contributed by atoms with Crippen molar-refractivity contribution in [3.63, 3.8) is 0 Å². The van der Waals surface area contributed by atoms with Crippen LogP contribution in [0.1, 0.15) is 27.7 Å². The fourth-order valence-electron chi connectivity index (χ4n) is 1.13. The monoisotopic (exact) mass is 358 g/mol. The molecule has 0 bridgehead atoms. The highest BCUT2D eigenvalue weighted by atomic mass is 35.5. The molecular formula is C12H20ClO8P. The third kappa shape index (κ3) is 11.3. The van der Waals surface area contributed by atoms with E-state index >= 15 is 0 Å². The summed E-state index contributed by atoms with van der Waals surface area (Å²) in [5.74, 6) is -2.14. The molecule has 0 rings (SSSR count). The van der Waals surface area contributed by atoms with Gasteiger partial charge in [0.05, 0.1) is 0 Å². The zero-order chi connectivity index (χ0) is 16.5. The first kappa shape index (κ1) is 22.9. The van der Waals surface area contributed by atoms with Crippen molar-refractivity contribution < 1.29 is 50.5 Å². The lowest BCUT2D eigenvalue weighted by atomic mass is 10.8. The SMILES string of the molecule is CC(=O)OC[P+](COC(C)=O)(COC(C)=O)COC(C)=O.[Cl-]. The minimum Gasteiger partial charge on any atom is -1.00 e. The molecule has 0 N–H and O–H groups in total. The average Bonchev–Trinajstić information content (AvgIpc) is 2.36. The van der Waals surface area contributed by atoms with Crippen LogP contribution in [-0.2, 0) is 38.1 Å². The largest absolute Gasteiger partial charge is 1.00 e. The highest BCUT2D eigenvalue weighted by Gasteiger charge is 2.44. The number of carbonyl (C=O) groups excluding carboxylic acids is 4. The predicted molar refractivity (Wildman–Crippen MR) is 73.5 cm³/mol. The number of esters is 4. The Morgan fingerprint density at radius 3 is 0.909 bits per heavy atom. The van der Waals surface area contributed by atoms with Gasteiger partial charge in [-0.05, 0) is 0 Å². The molecule has 0 radical (unpaired) electrons. The van der Waals surface area contributed by atoms with Gasteiger partial charge in [-0.2, -0.15) is 0 Å². The summed E-state index contributed by atoms with van der Waals surface area (Å²) in [6, 6.07) is 0. The van der Waals surface area contributed by atoms with Gasteiger partial charge in [-0.1, -0.05) is 0 Å². The van der Waals surface area contributed by atoms with Gasteiger partial charge >= 0.3 is 23.9 Å². The Labute approximate surface area is 135 Å². The zero-order valence-electron chi connectivity index (χ0n) is 12.9. The topological polar surface area (TPSA) is 105 Å². The lowest BCUT2D eigenvalue weighted by molar-refractivity contribution is -0.139. The molecule has 0 aliphatic carbocycles. The molecular weight excluding hydrogens is 339 g/mol. The molecule has 0 fully saturated rings. The summed E-state index contributed by atoms with van der Waals surface area (Å²) in [6.45, 7) is 4.88. The fourth-order valence-corrected chi connectivity index (χ4v) is 3.40. The fraction of sp³-hybridized carbons (Fsp3) is 0.667. The average molecular weight is 359 g/mol. The van der Waals surface area contributed by atoms with Crippen LogP contribution in [0.15, 0.2) is 0 Å². The first-order valence-corrected chi connectivity index (χ1v) is 8.58. The van der Waals surface area contributed by atoms with E-state index in [0.717, 1.165) is 0 Å². The molecule has 0 heterocycles. The maximum atomic E-state index is 11.0. The van der Waals surface area contributed by atoms with Gasteiger partial charge in [-0.3, -0.25) is 19.2 Å². The van der Waals surface area contributed by atoms with E-state index in [2.05, 4.69) is 0 Å². The standard InChI is InChI=1S/C12H20O8P.ClH/c1-9(13)17-5-21(6-18-10(2)14,7-19-11(3)15)8-20-12(4)16;/h5-8H2,1-4H3;1H/q+1;/p-1. The van der Waals surface area contributed by atoms with Crippen molar-refractivity contribution in [2.45, 2.75) is 27.7 Å². The van der Waals surface area contributed by atoms with Crippen LogP contribution in [0.5, 0.6) is 0 Å². The molecule has 8 nitrogen and oxygen atoms in total. The Morgan fingerprint density at radius 1 is 0.591 bits per heavy atom. The Morgan fingerprint density at radius 2 is 0.773 bits per heavy atom. The van der Waals surface area contributed by atoms with E-state index in [1.165, 1.54) is 27.7 Å². The van der Waals surface area contributed by atoms with Crippen LogP contribution < -0.4 is 12.4 Å². The van der Waals surface area contributed by atoms with Crippen LogP contribution in [0.3, 0.4) is 0 Å². The van der Waals surface area contributed by atoms with E-state index in [1.807, 2.05) is 0 Å². The van der Waals surface area contributed by atoms with Gasteiger partial charge in [0.1, 0.15) is 0 Å². The molecule has 128 valence electrons. The number of carbonyl (C=O) groups is 4. The van der Waals surface area contributed by atoms with Crippen molar-refractivity contribution in [2.75, 3.05) is 25.4 Å². The summed E-state index contributed by atoms with van der Waals surface area (Å²) >= 11 is 0.